The molecule has 174 valence electrons. The summed E-state index contributed by atoms with van der Waals surface area (Å²) in [4.78, 5) is 0. The van der Waals surface area contributed by atoms with Crippen LogP contribution in [0, 0.1) is 22.5 Å². The van der Waals surface area contributed by atoms with E-state index in [0.29, 0.717) is 13.1 Å². The molecule has 2 aliphatic carbocycles. The average Bonchev–Trinajstić information content (AvgIpc) is 3.55. The molecule has 0 spiro atoms. The van der Waals surface area contributed by atoms with Crippen LogP contribution < -0.4 is 0 Å². The van der Waals surface area contributed by atoms with Crippen LogP contribution in [0.4, 0.5) is 8.78 Å². The highest BCUT2D eigenvalue weighted by molar-refractivity contribution is 7.90. The molecule has 2 fully saturated rings. The van der Waals surface area contributed by atoms with Crippen LogP contribution in [0.5, 0.6) is 0 Å². The third kappa shape index (κ3) is 3.85. The zero-order valence-electron chi connectivity index (χ0n) is 19.1. The first-order valence-corrected chi connectivity index (χ1v) is 12.8. The van der Waals surface area contributed by atoms with Crippen molar-refractivity contribution in [2.45, 2.75) is 64.5 Å². The maximum Gasteiger partial charge on any atom is 0.216 e. The van der Waals surface area contributed by atoms with Gasteiger partial charge in [-0.3, -0.25) is 0 Å². The second-order valence-electron chi connectivity index (χ2n) is 10.0. The molecule has 5 nitrogen and oxygen atoms in total. The fourth-order valence-electron chi connectivity index (χ4n) is 5.22. The van der Waals surface area contributed by atoms with Gasteiger partial charge in [0.1, 0.15) is 11.6 Å². The second-order valence-corrected chi connectivity index (χ2v) is 12.2. The number of rotatable bonds is 7. The Morgan fingerprint density at radius 1 is 1.12 bits per heavy atom. The molecular weight excluding hydrogens is 432 g/mol. The molecule has 8 heteroatoms. The van der Waals surface area contributed by atoms with Gasteiger partial charge < -0.3 is 0 Å². The summed E-state index contributed by atoms with van der Waals surface area (Å²) in [5.41, 5.74) is 0.372. The van der Waals surface area contributed by atoms with E-state index in [-0.39, 0.29) is 33.3 Å². The van der Waals surface area contributed by atoms with E-state index >= 15 is 0 Å². The van der Waals surface area contributed by atoms with Gasteiger partial charge in [0, 0.05) is 13.1 Å². The Balaban J connectivity index is 1.64. The summed E-state index contributed by atoms with van der Waals surface area (Å²) in [5.74, 6) is -1.27. The highest BCUT2D eigenvalue weighted by Crippen LogP contribution is 2.60. The normalized spacial score (nSPS) is 25.4. The Morgan fingerprint density at radius 2 is 1.78 bits per heavy atom. The monoisotopic (exact) mass is 463 g/mol. The first-order valence-electron chi connectivity index (χ1n) is 11.3. The van der Waals surface area contributed by atoms with Gasteiger partial charge in [0.25, 0.3) is 0 Å². The molecule has 2 aromatic rings. The van der Waals surface area contributed by atoms with Crippen molar-refractivity contribution in [2.75, 3.05) is 13.1 Å². The number of nitrogens with zero attached hydrogens (tertiary/aromatic N) is 3. The number of halogens is 2. The van der Waals surface area contributed by atoms with Gasteiger partial charge in [0.15, 0.2) is 0 Å². The first-order chi connectivity index (χ1) is 15.0. The van der Waals surface area contributed by atoms with Crippen molar-refractivity contribution in [1.82, 2.24) is 14.5 Å². The van der Waals surface area contributed by atoms with Crippen LogP contribution in [0.3, 0.4) is 0 Å². The maximum absolute atomic E-state index is 14.3. The average molecular weight is 464 g/mol. The minimum Gasteiger partial charge on any atom is -0.212 e. The predicted octanol–water partition coefficient (Wildman–Crippen LogP) is 5.15. The largest absolute Gasteiger partial charge is 0.216 e. The molecule has 32 heavy (non-hydrogen) atoms. The highest BCUT2D eigenvalue weighted by atomic mass is 32.2. The summed E-state index contributed by atoms with van der Waals surface area (Å²) in [5, 5.41) is 7.82. The van der Waals surface area contributed by atoms with E-state index in [9.17, 15) is 17.2 Å². The van der Waals surface area contributed by atoms with Crippen LogP contribution in [-0.2, 0) is 10.0 Å². The van der Waals surface area contributed by atoms with Crippen LogP contribution in [0.25, 0.3) is 11.3 Å². The molecule has 0 N–H and O–H groups in total. The van der Waals surface area contributed by atoms with Gasteiger partial charge in [-0.1, -0.05) is 33.8 Å². The molecule has 1 unspecified atom stereocenters. The van der Waals surface area contributed by atoms with Crippen molar-refractivity contribution in [3.63, 3.8) is 0 Å². The molecule has 2 saturated carbocycles. The molecular formula is C24H31F2N3O2S. The van der Waals surface area contributed by atoms with Crippen molar-refractivity contribution < 1.29 is 17.2 Å². The fraction of sp³-hybridized carbons (Fsp3) is 0.583. The Kier molecular flexibility index (Phi) is 5.91. The third-order valence-electron chi connectivity index (χ3n) is 7.89. The van der Waals surface area contributed by atoms with E-state index in [1.165, 1.54) is 18.2 Å². The first kappa shape index (κ1) is 23.2. The summed E-state index contributed by atoms with van der Waals surface area (Å²) in [6.07, 6.45) is 4.86. The Labute approximate surface area is 189 Å². The van der Waals surface area contributed by atoms with Gasteiger partial charge in [0.2, 0.25) is 10.0 Å². The highest BCUT2D eigenvalue weighted by Gasteiger charge is 2.54. The number of aromatic nitrogens is 2. The van der Waals surface area contributed by atoms with Crippen LogP contribution in [0.2, 0.25) is 0 Å². The molecule has 0 bridgehead atoms. The van der Waals surface area contributed by atoms with E-state index in [4.69, 9.17) is 0 Å². The maximum atomic E-state index is 14.3. The molecule has 1 heterocycles. The summed E-state index contributed by atoms with van der Waals surface area (Å²) >= 11 is 0. The molecule has 1 aromatic carbocycles. The van der Waals surface area contributed by atoms with E-state index in [0.717, 1.165) is 31.2 Å². The van der Waals surface area contributed by atoms with Crippen LogP contribution >= 0.6 is 0 Å². The van der Waals surface area contributed by atoms with Gasteiger partial charge in [-0.05, 0) is 66.2 Å². The summed E-state index contributed by atoms with van der Waals surface area (Å²) in [7, 11) is -3.26. The lowest BCUT2D eigenvalue weighted by Gasteiger charge is -2.44. The van der Waals surface area contributed by atoms with Gasteiger partial charge in [-0.2, -0.15) is 10.2 Å². The quantitative estimate of drug-likeness (QED) is 0.570. The van der Waals surface area contributed by atoms with E-state index in [1.54, 1.807) is 16.6 Å². The Morgan fingerprint density at radius 3 is 2.38 bits per heavy atom. The molecule has 1 aromatic heterocycles. The van der Waals surface area contributed by atoms with Gasteiger partial charge in [-0.25, -0.2) is 21.5 Å². The smallest absolute Gasteiger partial charge is 0.212 e. The van der Waals surface area contributed by atoms with E-state index in [1.807, 2.05) is 6.92 Å². The van der Waals surface area contributed by atoms with Crippen LogP contribution in [-0.4, -0.2) is 41.3 Å². The lowest BCUT2D eigenvalue weighted by Crippen LogP contribution is -2.46. The zero-order valence-corrected chi connectivity index (χ0v) is 19.9. The molecule has 2 atom stereocenters. The topological polar surface area (TPSA) is 63.2 Å². The van der Waals surface area contributed by atoms with Crippen molar-refractivity contribution in [3.8, 4) is 11.3 Å². The van der Waals surface area contributed by atoms with Gasteiger partial charge in [0.05, 0.1) is 22.7 Å². The fourth-order valence-corrected chi connectivity index (χ4v) is 7.20. The van der Waals surface area contributed by atoms with Gasteiger partial charge >= 0.3 is 0 Å². The number of hydrogen-bond donors (Lipinski definition) is 0. The second kappa shape index (κ2) is 8.13. The minimum atomic E-state index is -3.26. The number of benzene rings is 1. The summed E-state index contributed by atoms with van der Waals surface area (Å²) in [6.45, 7) is 9.30. The number of hydrogen-bond acceptors (Lipinski definition) is 4. The standard InChI is InChI=1S/C24H31F2N3O2S/c1-5-29(32(30,31)17-9-10-17)15-24(4)12-11-18(23(24,2)3)16-13-21(28-27-14-16)22-19(25)7-6-8-20(22)26/h6-8,13-14,17-18H,5,9-12,15H2,1-4H3/t18-,24?/m0/s1. The molecule has 4 rings (SSSR count). The van der Waals surface area contributed by atoms with Crippen LogP contribution in [0.15, 0.2) is 30.5 Å². The van der Waals surface area contributed by atoms with Crippen molar-refractivity contribution >= 4 is 10.0 Å². The molecule has 2 aliphatic rings. The van der Waals surface area contributed by atoms with E-state index in [2.05, 4.69) is 31.0 Å². The summed E-state index contributed by atoms with van der Waals surface area (Å²) in [6, 6.07) is 5.48. The minimum absolute atomic E-state index is 0.0684. The Bertz CT molecular complexity index is 1100. The predicted molar refractivity (Wildman–Crippen MR) is 120 cm³/mol. The van der Waals surface area contributed by atoms with Gasteiger partial charge in [-0.15, -0.1) is 0 Å². The zero-order chi connectivity index (χ0) is 23.3. The third-order valence-corrected chi connectivity index (χ3v) is 10.3. The lowest BCUT2D eigenvalue weighted by molar-refractivity contribution is 0.0901. The number of sulfonamides is 1. The Hall–Kier alpha value is -1.93. The van der Waals surface area contributed by atoms with Crippen LogP contribution in [0.1, 0.15) is 64.9 Å². The molecule has 0 aliphatic heterocycles. The lowest BCUT2D eigenvalue weighted by atomic mass is 9.64. The summed E-state index contributed by atoms with van der Waals surface area (Å²) < 4.78 is 56.1. The van der Waals surface area contributed by atoms with Crippen molar-refractivity contribution in [2.24, 2.45) is 10.8 Å². The molecule has 0 radical (unpaired) electrons. The molecule has 0 amide bonds. The van der Waals surface area contributed by atoms with Crippen molar-refractivity contribution in [3.05, 3.63) is 47.7 Å². The van der Waals surface area contributed by atoms with Crippen molar-refractivity contribution in [1.29, 1.82) is 0 Å². The van der Waals surface area contributed by atoms with E-state index < -0.39 is 21.7 Å². The molecule has 0 saturated heterocycles. The SMILES string of the molecule is CCN(CC1(C)CC[C@@H](c2cnnc(-c3c(F)cccc3F)c2)C1(C)C)S(=O)(=O)C1CC1.